The highest BCUT2D eigenvalue weighted by atomic mass is 19.1. The van der Waals surface area contributed by atoms with E-state index in [2.05, 4.69) is 9.97 Å². The number of fused-ring (bicyclic) bond motifs is 1. The van der Waals surface area contributed by atoms with Gasteiger partial charge in [-0.1, -0.05) is 30.3 Å². The van der Waals surface area contributed by atoms with Crippen molar-refractivity contribution in [2.24, 2.45) is 0 Å². The summed E-state index contributed by atoms with van der Waals surface area (Å²) in [4.78, 5) is 8.30. The lowest BCUT2D eigenvalue weighted by Crippen LogP contribution is -2.40. The number of aromatic nitrogens is 3. The Labute approximate surface area is 148 Å². The lowest BCUT2D eigenvalue weighted by molar-refractivity contribution is -0.0563. The van der Waals surface area contributed by atoms with Crippen LogP contribution in [-0.4, -0.2) is 49.2 Å². The Morgan fingerprint density at radius 1 is 1.31 bits per heavy atom. The second-order valence-corrected chi connectivity index (χ2v) is 6.58. The molecule has 0 spiro atoms. The third-order valence-electron chi connectivity index (χ3n) is 4.87. The number of alkyl halides is 1. The lowest BCUT2D eigenvalue weighted by Gasteiger charge is -2.25. The molecule has 2 aromatic heterocycles. The van der Waals surface area contributed by atoms with Crippen LogP contribution in [0.2, 0.25) is 0 Å². The standard InChI is InChI=1S/C18H19FN4O3/c1-18(19)14(25)12(8-24)26-17(18)23-7-11(10-5-3-2-4-6-10)13-15(20)21-9-22-16(13)23/h2-7,9,12,14,17,24-25H,8H2,1H3,(H2,20,21,22)/t12?,14?,17-,18-/m1/s1. The highest BCUT2D eigenvalue weighted by molar-refractivity contribution is 6.00. The summed E-state index contributed by atoms with van der Waals surface area (Å²) in [5.41, 5.74) is 5.95. The van der Waals surface area contributed by atoms with Crippen molar-refractivity contribution in [3.63, 3.8) is 0 Å². The van der Waals surface area contributed by atoms with Crippen LogP contribution in [0.1, 0.15) is 13.2 Å². The number of ether oxygens (including phenoxy) is 1. The molecule has 3 heterocycles. The van der Waals surface area contributed by atoms with Crippen LogP contribution in [0, 0.1) is 0 Å². The maximum Gasteiger partial charge on any atom is 0.181 e. The van der Waals surface area contributed by atoms with Gasteiger partial charge in [0.15, 0.2) is 11.9 Å². The molecule has 0 saturated carbocycles. The second kappa shape index (κ2) is 6.01. The van der Waals surface area contributed by atoms with Crippen LogP contribution in [-0.2, 0) is 4.74 Å². The average molecular weight is 358 g/mol. The molecule has 4 atom stereocenters. The van der Waals surface area contributed by atoms with Crippen molar-refractivity contribution in [1.82, 2.24) is 14.5 Å². The summed E-state index contributed by atoms with van der Waals surface area (Å²) in [6.45, 7) is 0.760. The Hall–Kier alpha value is -2.55. The van der Waals surface area contributed by atoms with Crippen LogP contribution in [0.15, 0.2) is 42.9 Å². The third kappa shape index (κ3) is 2.38. The number of nitrogen functional groups attached to an aromatic ring is 1. The summed E-state index contributed by atoms with van der Waals surface area (Å²) < 4.78 is 22.4. The Bertz CT molecular complexity index is 944. The van der Waals surface area contributed by atoms with Gasteiger partial charge in [0.1, 0.15) is 30.0 Å². The zero-order valence-corrected chi connectivity index (χ0v) is 14.1. The molecule has 3 aromatic rings. The molecule has 1 saturated heterocycles. The Morgan fingerprint density at radius 2 is 2.04 bits per heavy atom. The molecule has 1 fully saturated rings. The van der Waals surface area contributed by atoms with E-state index in [0.717, 1.165) is 11.1 Å². The van der Waals surface area contributed by atoms with E-state index in [4.69, 9.17) is 10.5 Å². The molecule has 4 N–H and O–H groups in total. The van der Waals surface area contributed by atoms with Gasteiger partial charge < -0.3 is 25.3 Å². The van der Waals surface area contributed by atoms with Crippen LogP contribution >= 0.6 is 0 Å². The predicted molar refractivity (Wildman–Crippen MR) is 93.9 cm³/mol. The molecule has 2 unspecified atom stereocenters. The van der Waals surface area contributed by atoms with Crippen molar-refractivity contribution in [3.8, 4) is 11.1 Å². The van der Waals surface area contributed by atoms with E-state index in [0.29, 0.717) is 11.0 Å². The molecule has 4 rings (SSSR count). The highest BCUT2D eigenvalue weighted by Crippen LogP contribution is 2.44. The summed E-state index contributed by atoms with van der Waals surface area (Å²) in [5, 5.41) is 20.1. The maximum absolute atomic E-state index is 15.3. The SMILES string of the molecule is C[C@@]1(F)C(O)C(CO)O[C@H]1n1cc(-c2ccccc2)c2c(N)ncnc21. The van der Waals surface area contributed by atoms with E-state index in [1.807, 2.05) is 30.3 Å². The number of hydrogen-bond donors (Lipinski definition) is 3. The summed E-state index contributed by atoms with van der Waals surface area (Å²) in [7, 11) is 0. The first-order valence-electron chi connectivity index (χ1n) is 8.25. The molecular weight excluding hydrogens is 339 g/mol. The fraction of sp³-hybridized carbons (Fsp3) is 0.333. The van der Waals surface area contributed by atoms with Gasteiger partial charge in [0.2, 0.25) is 0 Å². The van der Waals surface area contributed by atoms with Crippen LogP contribution in [0.5, 0.6) is 0 Å². The normalized spacial score (nSPS) is 28.7. The minimum absolute atomic E-state index is 0.269. The van der Waals surface area contributed by atoms with Crippen molar-refractivity contribution >= 4 is 16.9 Å². The number of aliphatic hydroxyl groups excluding tert-OH is 2. The number of halogens is 1. The largest absolute Gasteiger partial charge is 0.394 e. The molecule has 0 bridgehead atoms. The zero-order valence-electron chi connectivity index (χ0n) is 14.1. The first kappa shape index (κ1) is 16.9. The predicted octanol–water partition coefficient (Wildman–Crippen LogP) is 1.66. The van der Waals surface area contributed by atoms with E-state index >= 15 is 4.39 Å². The van der Waals surface area contributed by atoms with Crippen LogP contribution in [0.4, 0.5) is 10.2 Å². The van der Waals surface area contributed by atoms with Gasteiger partial charge in [0.05, 0.1) is 12.0 Å². The van der Waals surface area contributed by atoms with Crippen molar-refractivity contribution in [1.29, 1.82) is 0 Å². The quantitative estimate of drug-likeness (QED) is 0.657. The molecule has 8 heteroatoms. The van der Waals surface area contributed by atoms with Gasteiger partial charge in [-0.15, -0.1) is 0 Å². The molecule has 0 amide bonds. The van der Waals surface area contributed by atoms with E-state index < -0.39 is 30.7 Å². The number of rotatable bonds is 3. The number of hydrogen-bond acceptors (Lipinski definition) is 6. The van der Waals surface area contributed by atoms with Gasteiger partial charge in [0, 0.05) is 11.8 Å². The van der Waals surface area contributed by atoms with Gasteiger partial charge >= 0.3 is 0 Å². The van der Waals surface area contributed by atoms with Gasteiger partial charge in [-0.2, -0.15) is 0 Å². The van der Waals surface area contributed by atoms with E-state index in [-0.39, 0.29) is 5.82 Å². The molecular formula is C18H19FN4O3. The van der Waals surface area contributed by atoms with E-state index in [1.165, 1.54) is 17.8 Å². The fourth-order valence-electron chi connectivity index (χ4n) is 3.49. The Balaban J connectivity index is 1.94. The smallest absolute Gasteiger partial charge is 0.181 e. The van der Waals surface area contributed by atoms with Crippen molar-refractivity contribution in [2.45, 2.75) is 31.0 Å². The van der Waals surface area contributed by atoms with Crippen LogP contribution in [0.25, 0.3) is 22.2 Å². The number of aliphatic hydroxyl groups is 2. The van der Waals surface area contributed by atoms with Crippen LogP contribution < -0.4 is 5.73 Å². The van der Waals surface area contributed by atoms with E-state index in [1.54, 1.807) is 6.20 Å². The van der Waals surface area contributed by atoms with Gasteiger partial charge in [-0.25, -0.2) is 14.4 Å². The Kier molecular flexibility index (Phi) is 3.91. The number of anilines is 1. The number of nitrogens with zero attached hydrogens (tertiary/aromatic N) is 3. The summed E-state index contributed by atoms with van der Waals surface area (Å²) in [6, 6.07) is 9.47. The summed E-state index contributed by atoms with van der Waals surface area (Å²) in [6.07, 6.45) is -0.655. The van der Waals surface area contributed by atoms with Gasteiger partial charge in [0.25, 0.3) is 0 Å². The topological polar surface area (TPSA) is 106 Å². The van der Waals surface area contributed by atoms with Crippen molar-refractivity contribution in [3.05, 3.63) is 42.9 Å². The first-order chi connectivity index (χ1) is 12.4. The molecule has 1 aromatic carbocycles. The van der Waals surface area contributed by atoms with Crippen molar-refractivity contribution in [2.75, 3.05) is 12.3 Å². The van der Waals surface area contributed by atoms with Gasteiger partial charge in [-0.3, -0.25) is 0 Å². The molecule has 26 heavy (non-hydrogen) atoms. The molecule has 0 aliphatic carbocycles. The number of benzene rings is 1. The zero-order chi connectivity index (χ0) is 18.5. The minimum Gasteiger partial charge on any atom is -0.394 e. The highest BCUT2D eigenvalue weighted by Gasteiger charge is 2.55. The second-order valence-electron chi connectivity index (χ2n) is 6.58. The lowest BCUT2D eigenvalue weighted by atomic mass is 9.98. The Morgan fingerprint density at radius 3 is 2.69 bits per heavy atom. The first-order valence-corrected chi connectivity index (χ1v) is 8.25. The van der Waals surface area contributed by atoms with E-state index in [9.17, 15) is 10.2 Å². The summed E-state index contributed by atoms with van der Waals surface area (Å²) in [5.74, 6) is 0.269. The molecule has 7 nitrogen and oxygen atoms in total. The minimum atomic E-state index is -2.12. The monoisotopic (exact) mass is 358 g/mol. The van der Waals surface area contributed by atoms with Crippen molar-refractivity contribution < 1.29 is 19.3 Å². The molecule has 0 radical (unpaired) electrons. The maximum atomic E-state index is 15.3. The van der Waals surface area contributed by atoms with Gasteiger partial charge in [-0.05, 0) is 12.5 Å². The number of nitrogens with two attached hydrogens (primary N) is 1. The average Bonchev–Trinajstić information content (AvgIpc) is 3.13. The fourth-order valence-corrected chi connectivity index (χ4v) is 3.49. The van der Waals surface area contributed by atoms with Crippen LogP contribution in [0.3, 0.4) is 0 Å². The third-order valence-corrected chi connectivity index (χ3v) is 4.87. The molecule has 136 valence electrons. The summed E-state index contributed by atoms with van der Waals surface area (Å²) >= 11 is 0. The molecule has 1 aliphatic rings. The molecule has 1 aliphatic heterocycles.